The summed E-state index contributed by atoms with van der Waals surface area (Å²) in [6, 6.07) is 3.88. The summed E-state index contributed by atoms with van der Waals surface area (Å²) in [6.45, 7) is 0.356. The van der Waals surface area contributed by atoms with Gasteiger partial charge < -0.3 is 9.84 Å². The molecule has 2 saturated carbocycles. The zero-order valence-electron chi connectivity index (χ0n) is 15.7. The fraction of sp³-hybridized carbons (Fsp3) is 0.591. The average molecular weight is 394 g/mol. The fourth-order valence-electron chi connectivity index (χ4n) is 5.12. The third-order valence-corrected chi connectivity index (χ3v) is 6.58. The first kappa shape index (κ1) is 19.3. The zero-order chi connectivity index (χ0) is 19.9. The largest absolute Gasteiger partial charge is 0.489 e. The van der Waals surface area contributed by atoms with Crippen molar-refractivity contribution in [3.63, 3.8) is 0 Å². The van der Waals surface area contributed by atoms with Crippen molar-refractivity contribution in [2.75, 3.05) is 6.61 Å². The van der Waals surface area contributed by atoms with Gasteiger partial charge in [0.2, 0.25) is 0 Å². The molecule has 0 aliphatic heterocycles. The number of carbonyl (C=O) groups is 1. The number of fused-ring (bicyclic) bond motifs is 1. The molecule has 1 N–H and O–H groups in total. The van der Waals surface area contributed by atoms with Gasteiger partial charge in [0.05, 0.1) is 5.56 Å². The van der Waals surface area contributed by atoms with Crippen LogP contribution in [0.4, 0.5) is 13.2 Å². The molecule has 3 unspecified atom stereocenters. The first-order chi connectivity index (χ1) is 13.3. The van der Waals surface area contributed by atoms with E-state index in [1.165, 1.54) is 42.5 Å². The highest BCUT2D eigenvalue weighted by atomic mass is 19.4. The number of carboxylic acid groups (broad SMARTS) is 1. The summed E-state index contributed by atoms with van der Waals surface area (Å²) < 4.78 is 46.0. The van der Waals surface area contributed by atoms with Crippen molar-refractivity contribution in [2.45, 2.75) is 57.5 Å². The SMILES string of the molecule is O=C(O)CCc1ccc(OCC2=C(C3CCC4CC43)CCC2)cc1C(F)(F)F. The number of benzene rings is 1. The van der Waals surface area contributed by atoms with Crippen LogP contribution in [0, 0.1) is 17.8 Å². The summed E-state index contributed by atoms with van der Waals surface area (Å²) in [5.41, 5.74) is 1.98. The van der Waals surface area contributed by atoms with Crippen LogP contribution in [0.3, 0.4) is 0 Å². The van der Waals surface area contributed by atoms with Crippen molar-refractivity contribution >= 4 is 5.97 Å². The van der Waals surface area contributed by atoms with E-state index >= 15 is 0 Å². The number of aryl methyl sites for hydroxylation is 1. The first-order valence-electron chi connectivity index (χ1n) is 10.1. The molecule has 1 aromatic rings. The van der Waals surface area contributed by atoms with Gasteiger partial charge in [-0.05, 0) is 86.0 Å². The van der Waals surface area contributed by atoms with E-state index in [0.29, 0.717) is 12.5 Å². The van der Waals surface area contributed by atoms with E-state index in [4.69, 9.17) is 9.84 Å². The van der Waals surface area contributed by atoms with E-state index in [0.717, 1.165) is 37.2 Å². The van der Waals surface area contributed by atoms with E-state index in [9.17, 15) is 18.0 Å². The van der Waals surface area contributed by atoms with Gasteiger partial charge in [0.15, 0.2) is 0 Å². The normalized spacial score (nSPS) is 26.5. The number of alkyl halides is 3. The molecule has 4 rings (SSSR count). The predicted octanol–water partition coefficient (Wildman–Crippen LogP) is 5.63. The Labute approximate surface area is 162 Å². The van der Waals surface area contributed by atoms with Crippen molar-refractivity contribution < 1.29 is 27.8 Å². The van der Waals surface area contributed by atoms with Crippen LogP contribution in [0.15, 0.2) is 29.3 Å². The molecule has 28 heavy (non-hydrogen) atoms. The Morgan fingerprint density at radius 1 is 1.21 bits per heavy atom. The topological polar surface area (TPSA) is 46.5 Å². The molecule has 0 heterocycles. The molecule has 3 aliphatic carbocycles. The van der Waals surface area contributed by atoms with E-state index in [-0.39, 0.29) is 24.2 Å². The van der Waals surface area contributed by atoms with E-state index < -0.39 is 17.7 Å². The minimum absolute atomic E-state index is 0.00579. The molecule has 3 atom stereocenters. The Hall–Kier alpha value is -1.98. The molecule has 0 saturated heterocycles. The molecule has 0 amide bonds. The quantitative estimate of drug-likeness (QED) is 0.610. The molecule has 0 aromatic heterocycles. The number of rotatable bonds is 7. The molecule has 152 valence electrons. The summed E-state index contributed by atoms with van der Waals surface area (Å²) in [6.07, 6.45) is 2.10. The molecular weight excluding hydrogens is 369 g/mol. The van der Waals surface area contributed by atoms with Crippen LogP contribution in [0.25, 0.3) is 0 Å². The fourth-order valence-corrected chi connectivity index (χ4v) is 5.12. The second kappa shape index (κ2) is 7.45. The van der Waals surface area contributed by atoms with E-state index in [2.05, 4.69) is 0 Å². The second-order valence-corrected chi connectivity index (χ2v) is 8.32. The monoisotopic (exact) mass is 394 g/mol. The van der Waals surface area contributed by atoms with Gasteiger partial charge >= 0.3 is 12.1 Å². The number of hydrogen-bond donors (Lipinski definition) is 1. The Morgan fingerprint density at radius 2 is 2.04 bits per heavy atom. The van der Waals surface area contributed by atoms with E-state index in [1.54, 1.807) is 0 Å². The Kier molecular flexibility index (Phi) is 5.15. The van der Waals surface area contributed by atoms with Gasteiger partial charge in [-0.2, -0.15) is 13.2 Å². The number of aliphatic carboxylic acids is 1. The molecule has 0 radical (unpaired) electrons. The van der Waals surface area contributed by atoms with Gasteiger partial charge in [-0.3, -0.25) is 4.79 Å². The van der Waals surface area contributed by atoms with Crippen molar-refractivity contribution in [3.8, 4) is 5.75 Å². The number of allylic oxidation sites excluding steroid dienone is 1. The summed E-state index contributed by atoms with van der Waals surface area (Å²) in [4.78, 5) is 10.7. The Bertz CT molecular complexity index is 797. The Balaban J connectivity index is 1.47. The Morgan fingerprint density at radius 3 is 2.68 bits per heavy atom. The van der Waals surface area contributed by atoms with Crippen LogP contribution in [0.2, 0.25) is 0 Å². The van der Waals surface area contributed by atoms with Crippen LogP contribution in [0.5, 0.6) is 5.75 Å². The van der Waals surface area contributed by atoms with Crippen molar-refractivity contribution in [1.29, 1.82) is 0 Å². The molecule has 3 nitrogen and oxygen atoms in total. The first-order valence-corrected chi connectivity index (χ1v) is 10.1. The number of carboxylic acids is 1. The summed E-state index contributed by atoms with van der Waals surface area (Å²) in [5.74, 6) is 1.51. The molecule has 2 fully saturated rings. The van der Waals surface area contributed by atoms with Gasteiger partial charge in [0, 0.05) is 6.42 Å². The number of hydrogen-bond acceptors (Lipinski definition) is 2. The summed E-state index contributed by atoms with van der Waals surface area (Å²) in [5, 5.41) is 8.75. The van der Waals surface area contributed by atoms with Gasteiger partial charge in [-0.25, -0.2) is 0 Å². The second-order valence-electron chi connectivity index (χ2n) is 8.32. The van der Waals surface area contributed by atoms with Crippen LogP contribution in [-0.4, -0.2) is 17.7 Å². The molecule has 0 spiro atoms. The third-order valence-electron chi connectivity index (χ3n) is 6.58. The maximum Gasteiger partial charge on any atom is 0.416 e. The van der Waals surface area contributed by atoms with Crippen LogP contribution in [0.1, 0.15) is 56.1 Å². The van der Waals surface area contributed by atoms with Crippen LogP contribution >= 0.6 is 0 Å². The summed E-state index contributed by atoms with van der Waals surface area (Å²) in [7, 11) is 0. The summed E-state index contributed by atoms with van der Waals surface area (Å²) >= 11 is 0. The lowest BCUT2D eigenvalue weighted by molar-refractivity contribution is -0.140. The standard InChI is InChI=1S/C22H25F3O3/c23-22(24,25)20-11-16(7-4-13(20)6-9-21(26)27)28-12-15-2-1-3-17(15)18-8-5-14-10-19(14)18/h4,7,11,14,18-19H,1-3,5-6,8-10,12H2,(H,26,27). The highest BCUT2D eigenvalue weighted by Crippen LogP contribution is 2.59. The van der Waals surface area contributed by atoms with Crippen LogP contribution < -0.4 is 4.74 Å². The highest BCUT2D eigenvalue weighted by Gasteiger charge is 2.49. The lowest BCUT2D eigenvalue weighted by Gasteiger charge is -2.18. The number of halogens is 3. The van der Waals surface area contributed by atoms with Crippen molar-refractivity contribution in [1.82, 2.24) is 0 Å². The lowest BCUT2D eigenvalue weighted by Crippen LogP contribution is -2.12. The number of ether oxygens (including phenoxy) is 1. The zero-order valence-corrected chi connectivity index (χ0v) is 15.7. The molecular formula is C22H25F3O3. The maximum atomic E-state index is 13.4. The minimum Gasteiger partial charge on any atom is -0.489 e. The molecule has 3 aliphatic rings. The van der Waals surface area contributed by atoms with Crippen molar-refractivity contribution in [2.24, 2.45) is 17.8 Å². The average Bonchev–Trinajstić information content (AvgIpc) is 3.07. The maximum absolute atomic E-state index is 13.4. The molecule has 6 heteroatoms. The van der Waals surface area contributed by atoms with Gasteiger partial charge in [0.25, 0.3) is 0 Å². The highest BCUT2D eigenvalue weighted by molar-refractivity contribution is 5.67. The van der Waals surface area contributed by atoms with Gasteiger partial charge in [-0.1, -0.05) is 11.6 Å². The van der Waals surface area contributed by atoms with E-state index in [1.807, 2.05) is 0 Å². The predicted molar refractivity (Wildman–Crippen MR) is 98.1 cm³/mol. The van der Waals surface area contributed by atoms with Gasteiger partial charge in [-0.15, -0.1) is 0 Å². The minimum atomic E-state index is -4.53. The van der Waals surface area contributed by atoms with Crippen LogP contribution in [-0.2, 0) is 17.4 Å². The molecule has 1 aromatic carbocycles. The molecule has 0 bridgehead atoms. The smallest absolute Gasteiger partial charge is 0.416 e. The van der Waals surface area contributed by atoms with Crippen molar-refractivity contribution in [3.05, 3.63) is 40.5 Å². The lowest BCUT2D eigenvalue weighted by atomic mass is 9.91. The van der Waals surface area contributed by atoms with Gasteiger partial charge in [0.1, 0.15) is 12.4 Å². The third kappa shape index (κ3) is 4.06.